The monoisotopic (exact) mass is 715 g/mol. The molecule has 0 aliphatic carbocycles. The van der Waals surface area contributed by atoms with E-state index in [-0.39, 0.29) is 11.1 Å². The Morgan fingerprint density at radius 1 is 0.382 bits per heavy atom. The molecule has 0 radical (unpaired) electrons. The van der Waals surface area contributed by atoms with Crippen LogP contribution in [0.1, 0.15) is 5.56 Å². The second-order valence-electron chi connectivity index (χ2n) is 13.6. The Balaban J connectivity index is 1.33. The molecule has 10 aromatic rings. The van der Waals surface area contributed by atoms with E-state index in [4.69, 9.17) is 0 Å². The summed E-state index contributed by atoms with van der Waals surface area (Å²) in [4.78, 5) is 0. The summed E-state index contributed by atoms with van der Waals surface area (Å²) in [6.07, 6.45) is 0. The molecule has 0 saturated heterocycles. The highest BCUT2D eigenvalue weighted by atomic mass is 19.2. The summed E-state index contributed by atoms with van der Waals surface area (Å²) in [5.74, 6) is -3.38. The molecule has 2 heterocycles. The smallest absolute Gasteiger partial charge is 0.169 e. The van der Waals surface area contributed by atoms with Crippen LogP contribution in [0.2, 0.25) is 0 Å². The van der Waals surface area contributed by atoms with Crippen LogP contribution in [0.5, 0.6) is 0 Å². The van der Waals surface area contributed by atoms with Gasteiger partial charge in [-0.25, -0.2) is 13.2 Å². The Labute approximate surface area is 314 Å². The van der Waals surface area contributed by atoms with Crippen LogP contribution in [0.25, 0.3) is 88.4 Å². The second-order valence-corrected chi connectivity index (χ2v) is 13.6. The first-order chi connectivity index (χ1) is 27.0. The number of aromatic nitrogens is 2. The number of benzene rings is 8. The van der Waals surface area contributed by atoms with Crippen molar-refractivity contribution in [3.8, 4) is 50.8 Å². The van der Waals surface area contributed by atoms with Crippen LogP contribution in [0, 0.1) is 28.8 Å². The molecule has 0 N–H and O–H groups in total. The molecule has 0 atom stereocenters. The van der Waals surface area contributed by atoms with Gasteiger partial charge in [0.2, 0.25) is 0 Å². The van der Waals surface area contributed by atoms with Gasteiger partial charge in [0.25, 0.3) is 0 Å². The first-order valence-corrected chi connectivity index (χ1v) is 17.9. The molecule has 260 valence electrons. The quantitative estimate of drug-likeness (QED) is 0.163. The molecule has 0 aliphatic rings. The van der Waals surface area contributed by atoms with Crippen molar-refractivity contribution < 1.29 is 13.2 Å². The minimum atomic E-state index is -1.30. The van der Waals surface area contributed by atoms with Gasteiger partial charge in [-0.15, -0.1) is 0 Å². The first kappa shape index (κ1) is 32.3. The van der Waals surface area contributed by atoms with E-state index < -0.39 is 23.0 Å². The molecule has 0 unspecified atom stereocenters. The normalized spacial score (nSPS) is 11.5. The molecule has 0 bridgehead atoms. The average Bonchev–Trinajstić information content (AvgIpc) is 3.74. The van der Waals surface area contributed by atoms with Crippen molar-refractivity contribution in [2.75, 3.05) is 0 Å². The van der Waals surface area contributed by atoms with E-state index in [9.17, 15) is 9.65 Å². The Morgan fingerprint density at radius 2 is 0.818 bits per heavy atom. The molecule has 10 rings (SSSR count). The molecule has 6 heteroatoms. The van der Waals surface area contributed by atoms with Crippen molar-refractivity contribution in [2.45, 2.75) is 0 Å². The van der Waals surface area contributed by atoms with Gasteiger partial charge in [-0.3, -0.25) is 0 Å². The van der Waals surface area contributed by atoms with Gasteiger partial charge in [-0.05, 0) is 88.5 Å². The molecular weight excluding hydrogens is 688 g/mol. The van der Waals surface area contributed by atoms with E-state index in [1.54, 1.807) is 12.1 Å². The van der Waals surface area contributed by atoms with Crippen molar-refractivity contribution in [1.82, 2.24) is 9.13 Å². The minimum Gasteiger partial charge on any atom is -0.308 e. The number of para-hydroxylation sites is 2. The Bertz CT molecular complexity index is 3010. The third-order valence-corrected chi connectivity index (χ3v) is 10.6. The lowest BCUT2D eigenvalue weighted by molar-refractivity contribution is 0.499. The van der Waals surface area contributed by atoms with Crippen LogP contribution < -0.4 is 0 Å². The minimum absolute atomic E-state index is 0.0946. The lowest BCUT2D eigenvalue weighted by Crippen LogP contribution is -2.06. The molecule has 55 heavy (non-hydrogen) atoms. The van der Waals surface area contributed by atoms with Crippen LogP contribution in [0.4, 0.5) is 13.2 Å². The summed E-state index contributed by atoms with van der Waals surface area (Å²) in [6, 6.07) is 55.7. The molecule has 0 spiro atoms. The number of hydrogen-bond acceptors (Lipinski definition) is 1. The third-order valence-electron chi connectivity index (χ3n) is 10.6. The maximum Gasteiger partial charge on any atom is 0.169 e. The highest BCUT2D eigenvalue weighted by Crippen LogP contribution is 2.42. The van der Waals surface area contributed by atoms with Gasteiger partial charge >= 0.3 is 0 Å². The van der Waals surface area contributed by atoms with Gasteiger partial charge in [0.05, 0.1) is 39.0 Å². The van der Waals surface area contributed by atoms with Gasteiger partial charge in [-0.2, -0.15) is 5.26 Å². The van der Waals surface area contributed by atoms with Gasteiger partial charge in [0, 0.05) is 21.5 Å². The van der Waals surface area contributed by atoms with Crippen molar-refractivity contribution in [2.24, 2.45) is 0 Å². The van der Waals surface area contributed by atoms with Crippen LogP contribution in [0.15, 0.2) is 170 Å². The highest BCUT2D eigenvalue weighted by Gasteiger charge is 2.25. The topological polar surface area (TPSA) is 33.6 Å². The summed E-state index contributed by atoms with van der Waals surface area (Å²) in [6.45, 7) is 0. The number of rotatable bonds is 5. The lowest BCUT2D eigenvalue weighted by Gasteiger charge is -2.19. The van der Waals surface area contributed by atoms with Gasteiger partial charge in [0.1, 0.15) is 17.4 Å². The fourth-order valence-electron chi connectivity index (χ4n) is 8.10. The van der Waals surface area contributed by atoms with Crippen molar-refractivity contribution in [1.29, 1.82) is 5.26 Å². The second kappa shape index (κ2) is 12.6. The van der Waals surface area contributed by atoms with E-state index in [2.05, 4.69) is 42.5 Å². The van der Waals surface area contributed by atoms with E-state index in [0.717, 1.165) is 78.0 Å². The summed E-state index contributed by atoms with van der Waals surface area (Å²) < 4.78 is 50.5. The summed E-state index contributed by atoms with van der Waals surface area (Å²) >= 11 is 0. The predicted molar refractivity (Wildman–Crippen MR) is 216 cm³/mol. The molecule has 8 aromatic carbocycles. The summed E-state index contributed by atoms with van der Waals surface area (Å²) in [7, 11) is 0. The Morgan fingerprint density at radius 3 is 1.31 bits per heavy atom. The van der Waals surface area contributed by atoms with E-state index >= 15 is 8.78 Å². The number of halogens is 3. The summed E-state index contributed by atoms with van der Waals surface area (Å²) in [5, 5.41) is 15.0. The number of nitriles is 1. The van der Waals surface area contributed by atoms with Gasteiger partial charge in [-0.1, -0.05) is 109 Å². The predicted octanol–water partition coefficient (Wildman–Crippen LogP) is 13.2. The molecule has 0 aliphatic heterocycles. The molecule has 3 nitrogen and oxygen atoms in total. The maximum atomic E-state index is 15.8. The largest absolute Gasteiger partial charge is 0.308 e. The highest BCUT2D eigenvalue weighted by molar-refractivity contribution is 6.12. The van der Waals surface area contributed by atoms with E-state index in [0.29, 0.717) is 11.4 Å². The number of hydrogen-bond donors (Lipinski definition) is 0. The Hall–Kier alpha value is -7.36. The third kappa shape index (κ3) is 5.05. The van der Waals surface area contributed by atoms with Crippen LogP contribution in [-0.4, -0.2) is 9.13 Å². The molecular formula is C49H28F3N3. The van der Waals surface area contributed by atoms with Gasteiger partial charge in [0.15, 0.2) is 11.6 Å². The number of fused-ring (bicyclic) bond motifs is 6. The Kier molecular flexibility index (Phi) is 7.43. The zero-order valence-corrected chi connectivity index (χ0v) is 29.1. The fourth-order valence-corrected chi connectivity index (χ4v) is 8.10. The fraction of sp³-hybridized carbons (Fsp3) is 0. The van der Waals surface area contributed by atoms with Gasteiger partial charge < -0.3 is 9.13 Å². The van der Waals surface area contributed by atoms with Crippen molar-refractivity contribution in [3.05, 3.63) is 193 Å². The molecule has 0 fully saturated rings. The van der Waals surface area contributed by atoms with E-state index in [1.807, 2.05) is 118 Å². The average molecular weight is 716 g/mol. The molecule has 2 aromatic heterocycles. The zero-order chi connectivity index (χ0) is 37.2. The van der Waals surface area contributed by atoms with Crippen molar-refractivity contribution in [3.63, 3.8) is 0 Å². The standard InChI is InChI=1S/C49H28F3N3/c50-40-21-22-41(51)49(52)48(40)34-27-46(54-42-17-9-7-15-35(42)37-25-32(19-23-44(37)54)30-11-3-1-4-12-30)39(29-53)47(28-34)55-43-18-10-8-16-36(43)38-26-33(20-24-45(38)55)31-13-5-2-6-14-31/h1-28H. The molecule has 0 amide bonds. The van der Waals surface area contributed by atoms with E-state index in [1.165, 1.54) is 0 Å². The first-order valence-electron chi connectivity index (χ1n) is 17.9. The molecule has 0 saturated carbocycles. The van der Waals surface area contributed by atoms with Crippen LogP contribution in [-0.2, 0) is 0 Å². The zero-order valence-electron chi connectivity index (χ0n) is 29.1. The van der Waals surface area contributed by atoms with Crippen LogP contribution in [0.3, 0.4) is 0 Å². The summed E-state index contributed by atoms with van der Waals surface area (Å²) in [5.41, 5.74) is 8.05. The van der Waals surface area contributed by atoms with Crippen LogP contribution >= 0.6 is 0 Å². The lowest BCUT2D eigenvalue weighted by atomic mass is 9.98. The maximum absolute atomic E-state index is 15.8. The SMILES string of the molecule is N#Cc1c(-n2c3ccccc3c3cc(-c4ccccc4)ccc32)cc(-c2c(F)ccc(F)c2F)cc1-n1c2ccccc2c2cc(-c3ccccc3)ccc21. The van der Waals surface area contributed by atoms with Crippen molar-refractivity contribution >= 4 is 43.6 Å². The number of nitrogens with zero attached hydrogens (tertiary/aromatic N) is 3.